The molecular weight excluding hydrogens is 328 g/mol. The molecule has 0 aliphatic carbocycles. The van der Waals surface area contributed by atoms with Crippen molar-refractivity contribution in [2.45, 2.75) is 26.8 Å². The zero-order chi connectivity index (χ0) is 19.3. The van der Waals surface area contributed by atoms with Crippen molar-refractivity contribution in [2.75, 3.05) is 10.2 Å². The lowest BCUT2D eigenvalue weighted by Gasteiger charge is -2.22. The van der Waals surface area contributed by atoms with E-state index in [1.807, 2.05) is 14.0 Å². The van der Waals surface area contributed by atoms with Crippen LogP contribution in [0.15, 0.2) is 43.0 Å². The monoisotopic (exact) mass is 350 g/mol. The van der Waals surface area contributed by atoms with Gasteiger partial charge in [-0.05, 0) is 48.9 Å². The highest BCUT2D eigenvalue weighted by molar-refractivity contribution is 6.01. The van der Waals surface area contributed by atoms with Gasteiger partial charge in [0.2, 0.25) is 5.91 Å². The molecule has 1 aromatic heterocycles. The van der Waals surface area contributed by atoms with Gasteiger partial charge in [0.1, 0.15) is 11.8 Å². The van der Waals surface area contributed by atoms with Gasteiger partial charge >= 0.3 is 0 Å². The molecule has 0 radical (unpaired) electrons. The number of aromatic nitrogens is 1. The summed E-state index contributed by atoms with van der Waals surface area (Å²) in [6.07, 6.45) is 1.66. The van der Waals surface area contributed by atoms with Crippen LogP contribution in [0, 0.1) is 18.3 Å². The van der Waals surface area contributed by atoms with Crippen molar-refractivity contribution in [3.63, 3.8) is 0 Å². The number of nitrogens with one attached hydrogen (secondary N) is 1. The van der Waals surface area contributed by atoms with Crippen molar-refractivity contribution in [1.29, 1.82) is 5.26 Å². The van der Waals surface area contributed by atoms with Crippen LogP contribution in [0.3, 0.4) is 0 Å². The van der Waals surface area contributed by atoms with Gasteiger partial charge in [-0.25, -0.2) is 0 Å². The Bertz CT molecular complexity index is 872. The van der Waals surface area contributed by atoms with Crippen LogP contribution in [-0.4, -0.2) is 16.4 Å². The lowest BCUT2D eigenvalue weighted by atomic mass is 10.2. The molecule has 6 nitrogen and oxygen atoms in total. The maximum Gasteiger partial charge on any atom is 0.250 e. The van der Waals surface area contributed by atoms with Crippen LogP contribution in [-0.2, 0) is 23.2 Å². The standard InChI is InChI=1S/C20H22N4O2/c1-5-19(25)22-16-7-9-17(10-8-16)24(20(26)6-2)13-15-11-18(12-21)23(4)14(15)3/h6-11H,2,5,13H2,1,3-4H3,(H,22,25). The van der Waals surface area contributed by atoms with Crippen molar-refractivity contribution in [3.8, 4) is 6.07 Å². The molecule has 2 amide bonds. The number of nitriles is 1. The highest BCUT2D eigenvalue weighted by atomic mass is 16.2. The smallest absolute Gasteiger partial charge is 0.250 e. The molecule has 1 aromatic carbocycles. The van der Waals surface area contributed by atoms with Gasteiger partial charge in [0, 0.05) is 30.5 Å². The second kappa shape index (κ2) is 8.17. The molecule has 0 bridgehead atoms. The van der Waals surface area contributed by atoms with Crippen molar-refractivity contribution in [1.82, 2.24) is 4.57 Å². The minimum atomic E-state index is -0.239. The van der Waals surface area contributed by atoms with E-state index >= 15 is 0 Å². The molecule has 2 aromatic rings. The summed E-state index contributed by atoms with van der Waals surface area (Å²) in [5, 5.41) is 12.0. The third kappa shape index (κ3) is 4.01. The fourth-order valence-electron chi connectivity index (χ4n) is 2.58. The van der Waals surface area contributed by atoms with Crippen LogP contribution in [0.5, 0.6) is 0 Å². The first-order valence-electron chi connectivity index (χ1n) is 8.30. The zero-order valence-corrected chi connectivity index (χ0v) is 15.2. The number of carbonyl (C=O) groups excluding carboxylic acids is 2. The average molecular weight is 350 g/mol. The highest BCUT2D eigenvalue weighted by Crippen LogP contribution is 2.23. The summed E-state index contributed by atoms with van der Waals surface area (Å²) in [7, 11) is 1.82. The molecule has 1 N–H and O–H groups in total. The summed E-state index contributed by atoms with van der Waals surface area (Å²) in [6, 6.07) is 11.0. The predicted octanol–water partition coefficient (Wildman–Crippen LogP) is 3.27. The summed E-state index contributed by atoms with van der Waals surface area (Å²) in [6.45, 7) is 7.59. The number of hydrogen-bond donors (Lipinski definition) is 1. The van der Waals surface area contributed by atoms with Crippen molar-refractivity contribution >= 4 is 23.2 Å². The van der Waals surface area contributed by atoms with E-state index < -0.39 is 0 Å². The Balaban J connectivity index is 2.31. The third-order valence-electron chi connectivity index (χ3n) is 4.31. The molecule has 0 saturated carbocycles. The normalized spacial score (nSPS) is 10.1. The summed E-state index contributed by atoms with van der Waals surface area (Å²) in [4.78, 5) is 25.4. The summed E-state index contributed by atoms with van der Waals surface area (Å²) >= 11 is 0. The van der Waals surface area contributed by atoms with E-state index in [1.165, 1.54) is 6.08 Å². The fourth-order valence-corrected chi connectivity index (χ4v) is 2.58. The fraction of sp³-hybridized carbons (Fsp3) is 0.250. The van der Waals surface area contributed by atoms with Gasteiger partial charge in [0.25, 0.3) is 5.91 Å². The number of amides is 2. The van der Waals surface area contributed by atoms with Gasteiger partial charge in [-0.15, -0.1) is 0 Å². The van der Waals surface area contributed by atoms with Crippen LogP contribution in [0.2, 0.25) is 0 Å². The molecule has 0 aliphatic rings. The first-order chi connectivity index (χ1) is 12.4. The van der Waals surface area contributed by atoms with E-state index in [4.69, 9.17) is 0 Å². The zero-order valence-electron chi connectivity index (χ0n) is 15.2. The Morgan fingerprint density at radius 2 is 2.00 bits per heavy atom. The average Bonchev–Trinajstić information content (AvgIpc) is 2.93. The quantitative estimate of drug-likeness (QED) is 0.812. The number of carbonyl (C=O) groups is 2. The van der Waals surface area contributed by atoms with Gasteiger partial charge in [-0.1, -0.05) is 13.5 Å². The topological polar surface area (TPSA) is 78.1 Å². The molecule has 6 heteroatoms. The third-order valence-corrected chi connectivity index (χ3v) is 4.31. The Morgan fingerprint density at radius 1 is 1.35 bits per heavy atom. The van der Waals surface area contributed by atoms with E-state index in [-0.39, 0.29) is 11.8 Å². The number of nitrogens with zero attached hydrogens (tertiary/aromatic N) is 3. The highest BCUT2D eigenvalue weighted by Gasteiger charge is 2.17. The SMILES string of the molecule is C=CC(=O)N(Cc1cc(C#N)n(C)c1C)c1ccc(NC(=O)CC)cc1. The number of rotatable bonds is 6. The van der Waals surface area contributed by atoms with Crippen LogP contribution in [0.25, 0.3) is 0 Å². The van der Waals surface area contributed by atoms with Crippen LogP contribution in [0.4, 0.5) is 11.4 Å². The van der Waals surface area contributed by atoms with E-state index in [1.54, 1.807) is 46.7 Å². The Morgan fingerprint density at radius 3 is 2.50 bits per heavy atom. The first-order valence-corrected chi connectivity index (χ1v) is 8.30. The minimum Gasteiger partial charge on any atom is -0.340 e. The largest absolute Gasteiger partial charge is 0.340 e. The van der Waals surface area contributed by atoms with Gasteiger partial charge < -0.3 is 14.8 Å². The van der Waals surface area contributed by atoms with Crippen molar-refractivity contribution < 1.29 is 9.59 Å². The molecule has 0 unspecified atom stereocenters. The summed E-state index contributed by atoms with van der Waals surface area (Å²) < 4.78 is 1.80. The Hall–Kier alpha value is -3.33. The Labute approximate surface area is 153 Å². The number of benzene rings is 1. The molecule has 0 fully saturated rings. The summed E-state index contributed by atoms with van der Waals surface area (Å²) in [5.74, 6) is -0.308. The molecule has 2 rings (SSSR count). The Kier molecular flexibility index (Phi) is 5.97. The lowest BCUT2D eigenvalue weighted by molar-refractivity contribution is -0.116. The lowest BCUT2D eigenvalue weighted by Crippen LogP contribution is -2.28. The molecular formula is C20H22N4O2. The van der Waals surface area contributed by atoms with Gasteiger partial charge in [0.15, 0.2) is 0 Å². The number of anilines is 2. The molecule has 0 aliphatic heterocycles. The van der Waals surface area contributed by atoms with Gasteiger partial charge in [-0.2, -0.15) is 5.26 Å². The van der Waals surface area contributed by atoms with Crippen LogP contribution >= 0.6 is 0 Å². The molecule has 26 heavy (non-hydrogen) atoms. The molecule has 0 atom stereocenters. The predicted molar refractivity (Wildman–Crippen MR) is 102 cm³/mol. The maximum atomic E-state index is 12.4. The minimum absolute atomic E-state index is 0.0688. The second-order valence-corrected chi connectivity index (χ2v) is 5.89. The van der Waals surface area contributed by atoms with Gasteiger partial charge in [-0.3, -0.25) is 9.59 Å². The molecule has 1 heterocycles. The maximum absolute atomic E-state index is 12.4. The molecule has 0 spiro atoms. The van der Waals surface area contributed by atoms with Crippen LogP contribution < -0.4 is 10.2 Å². The molecule has 0 saturated heterocycles. The second-order valence-electron chi connectivity index (χ2n) is 5.89. The van der Waals surface area contributed by atoms with Crippen molar-refractivity contribution in [2.24, 2.45) is 7.05 Å². The van der Waals surface area contributed by atoms with E-state index in [2.05, 4.69) is 18.0 Å². The van der Waals surface area contributed by atoms with E-state index in [0.29, 0.717) is 30.0 Å². The number of hydrogen-bond acceptors (Lipinski definition) is 3. The summed E-state index contributed by atoms with van der Waals surface area (Å²) in [5.41, 5.74) is 3.72. The van der Waals surface area contributed by atoms with E-state index in [9.17, 15) is 14.9 Å². The van der Waals surface area contributed by atoms with E-state index in [0.717, 1.165) is 11.3 Å². The van der Waals surface area contributed by atoms with Crippen LogP contribution in [0.1, 0.15) is 30.3 Å². The van der Waals surface area contributed by atoms with Crippen molar-refractivity contribution in [3.05, 3.63) is 59.9 Å². The molecule has 134 valence electrons. The first kappa shape index (κ1) is 19.0. The van der Waals surface area contributed by atoms with Gasteiger partial charge in [0.05, 0.1) is 6.54 Å².